The lowest BCUT2D eigenvalue weighted by Crippen LogP contribution is -2.27. The lowest BCUT2D eigenvalue weighted by Gasteiger charge is -2.23. The van der Waals surface area contributed by atoms with E-state index in [0.717, 1.165) is 16.9 Å². The smallest absolute Gasteiger partial charge is 0.311 e. The van der Waals surface area contributed by atoms with Crippen LogP contribution in [0.2, 0.25) is 0 Å². The number of hydrogen-bond donors (Lipinski definition) is 1. The third-order valence-corrected chi connectivity index (χ3v) is 5.50. The van der Waals surface area contributed by atoms with Gasteiger partial charge in [-0.2, -0.15) is 0 Å². The minimum atomic E-state index is -0.381. The van der Waals surface area contributed by atoms with Gasteiger partial charge in [0, 0.05) is 18.5 Å². The maximum Gasteiger partial charge on any atom is 0.311 e. The third kappa shape index (κ3) is 3.58. The second kappa shape index (κ2) is 8.21. The van der Waals surface area contributed by atoms with Crippen LogP contribution in [-0.2, 0) is 9.53 Å². The van der Waals surface area contributed by atoms with Gasteiger partial charge in [0.1, 0.15) is 0 Å². The molecule has 0 radical (unpaired) electrons. The average molecular weight is 399 g/mol. The van der Waals surface area contributed by atoms with Crippen LogP contribution in [0.25, 0.3) is 0 Å². The molecule has 0 spiro atoms. The zero-order valence-corrected chi connectivity index (χ0v) is 16.8. The van der Waals surface area contributed by atoms with E-state index in [1.165, 1.54) is 0 Å². The van der Waals surface area contributed by atoms with Gasteiger partial charge in [-0.05, 0) is 42.3 Å². The maximum atomic E-state index is 13.0. The van der Waals surface area contributed by atoms with Gasteiger partial charge < -0.3 is 29.0 Å². The lowest BCUT2D eigenvalue weighted by atomic mass is 9.82. The number of benzene rings is 2. The molecule has 1 fully saturated rings. The van der Waals surface area contributed by atoms with Gasteiger partial charge in [0.25, 0.3) is 0 Å². The predicted octanol–water partition coefficient (Wildman–Crippen LogP) is 3.04. The van der Waals surface area contributed by atoms with Crippen LogP contribution in [0.3, 0.4) is 0 Å². The highest BCUT2D eigenvalue weighted by Crippen LogP contribution is 2.44. The summed E-state index contributed by atoms with van der Waals surface area (Å²) in [5.41, 5.74) is 1.96. The fourth-order valence-electron chi connectivity index (χ4n) is 4.12. The van der Waals surface area contributed by atoms with Crippen molar-refractivity contribution >= 4 is 5.97 Å². The predicted molar refractivity (Wildman–Crippen MR) is 106 cm³/mol. The van der Waals surface area contributed by atoms with Crippen molar-refractivity contribution < 1.29 is 28.5 Å². The van der Waals surface area contributed by atoms with Crippen LogP contribution in [0, 0.1) is 5.92 Å². The first kappa shape index (κ1) is 19.4. The van der Waals surface area contributed by atoms with Crippen molar-refractivity contribution in [3.8, 4) is 23.0 Å². The Bertz CT molecular complexity index is 899. The van der Waals surface area contributed by atoms with Gasteiger partial charge in [0.2, 0.25) is 6.79 Å². The van der Waals surface area contributed by atoms with E-state index in [2.05, 4.69) is 5.32 Å². The van der Waals surface area contributed by atoms with E-state index in [4.69, 9.17) is 23.7 Å². The van der Waals surface area contributed by atoms with E-state index in [1.807, 2.05) is 43.3 Å². The van der Waals surface area contributed by atoms with Crippen LogP contribution in [0.15, 0.2) is 36.4 Å². The summed E-state index contributed by atoms with van der Waals surface area (Å²) in [7, 11) is 3.20. The molecule has 2 aromatic carbocycles. The van der Waals surface area contributed by atoms with Crippen LogP contribution < -0.4 is 24.3 Å². The van der Waals surface area contributed by atoms with E-state index < -0.39 is 0 Å². The van der Waals surface area contributed by atoms with Gasteiger partial charge in [-0.3, -0.25) is 4.79 Å². The Morgan fingerprint density at radius 1 is 1.03 bits per heavy atom. The number of fused-ring (bicyclic) bond motifs is 1. The summed E-state index contributed by atoms with van der Waals surface area (Å²) in [6.07, 6.45) is 0. The van der Waals surface area contributed by atoms with E-state index >= 15 is 0 Å². The molecule has 4 rings (SSSR count). The Morgan fingerprint density at radius 3 is 2.55 bits per heavy atom. The number of methoxy groups -OCH3 is 2. The third-order valence-electron chi connectivity index (χ3n) is 5.50. The molecule has 2 heterocycles. The Balaban J connectivity index is 1.69. The molecule has 0 aromatic heterocycles. The molecule has 2 aromatic rings. The first-order chi connectivity index (χ1) is 14.2. The molecule has 3 atom stereocenters. The molecule has 1 N–H and O–H groups in total. The molecule has 1 saturated heterocycles. The summed E-state index contributed by atoms with van der Waals surface area (Å²) in [5, 5.41) is 3.50. The number of carbonyl (C=O) groups excluding carboxylic acids is 1. The summed E-state index contributed by atoms with van der Waals surface area (Å²) >= 11 is 0. The summed E-state index contributed by atoms with van der Waals surface area (Å²) in [5.74, 6) is 2.05. The zero-order valence-electron chi connectivity index (χ0n) is 16.8. The van der Waals surface area contributed by atoms with Crippen molar-refractivity contribution in [2.24, 2.45) is 5.92 Å². The van der Waals surface area contributed by atoms with E-state index in [0.29, 0.717) is 30.4 Å². The molecule has 154 valence electrons. The summed E-state index contributed by atoms with van der Waals surface area (Å²) in [4.78, 5) is 13.0. The Kier molecular flexibility index (Phi) is 5.49. The van der Waals surface area contributed by atoms with E-state index in [-0.39, 0.29) is 30.6 Å². The first-order valence-electron chi connectivity index (χ1n) is 9.67. The van der Waals surface area contributed by atoms with Crippen LogP contribution in [0.1, 0.15) is 30.0 Å². The molecular weight excluding hydrogens is 374 g/mol. The van der Waals surface area contributed by atoms with Crippen molar-refractivity contribution in [3.05, 3.63) is 47.5 Å². The van der Waals surface area contributed by atoms with Crippen LogP contribution in [0.4, 0.5) is 0 Å². The first-order valence-corrected chi connectivity index (χ1v) is 9.67. The average Bonchev–Trinajstić information content (AvgIpc) is 3.39. The van der Waals surface area contributed by atoms with E-state index in [9.17, 15) is 4.79 Å². The molecule has 2 aliphatic heterocycles. The molecule has 2 aliphatic rings. The number of ether oxygens (including phenoxy) is 5. The lowest BCUT2D eigenvalue weighted by molar-refractivity contribution is -0.148. The van der Waals surface area contributed by atoms with Crippen LogP contribution in [-0.4, -0.2) is 40.1 Å². The van der Waals surface area contributed by atoms with Crippen LogP contribution >= 0.6 is 0 Å². The SMILES string of the molecule is CCOC(=O)C1C(c2ccc3c(c2)OCO3)CNC1c1ccc(OC)c(OC)c1. The molecular formula is C22H25NO6. The molecule has 0 aliphatic carbocycles. The number of carbonyl (C=O) groups is 1. The minimum Gasteiger partial charge on any atom is -0.493 e. The molecule has 7 heteroatoms. The molecule has 0 bridgehead atoms. The number of rotatable bonds is 6. The maximum absolute atomic E-state index is 13.0. The Labute approximate surface area is 169 Å². The quantitative estimate of drug-likeness (QED) is 0.749. The van der Waals surface area contributed by atoms with Gasteiger partial charge in [-0.15, -0.1) is 0 Å². The van der Waals surface area contributed by atoms with Crippen molar-refractivity contribution in [1.29, 1.82) is 0 Å². The molecule has 7 nitrogen and oxygen atoms in total. The highest BCUT2D eigenvalue weighted by molar-refractivity contribution is 5.76. The largest absolute Gasteiger partial charge is 0.493 e. The molecule has 29 heavy (non-hydrogen) atoms. The molecule has 0 amide bonds. The van der Waals surface area contributed by atoms with Crippen LogP contribution in [0.5, 0.6) is 23.0 Å². The summed E-state index contributed by atoms with van der Waals surface area (Å²) in [6, 6.07) is 11.3. The number of esters is 1. The highest BCUT2D eigenvalue weighted by Gasteiger charge is 2.44. The summed E-state index contributed by atoms with van der Waals surface area (Å²) < 4.78 is 27.1. The van der Waals surface area contributed by atoms with Crippen molar-refractivity contribution in [2.75, 3.05) is 34.2 Å². The monoisotopic (exact) mass is 399 g/mol. The molecule has 3 unspecified atom stereocenters. The summed E-state index contributed by atoms with van der Waals surface area (Å²) in [6.45, 7) is 3.02. The van der Waals surface area contributed by atoms with Crippen molar-refractivity contribution in [3.63, 3.8) is 0 Å². The second-order valence-electron chi connectivity index (χ2n) is 7.00. The van der Waals surface area contributed by atoms with Gasteiger partial charge in [-0.25, -0.2) is 0 Å². The van der Waals surface area contributed by atoms with Gasteiger partial charge in [-0.1, -0.05) is 12.1 Å². The van der Waals surface area contributed by atoms with Crippen molar-refractivity contribution in [2.45, 2.75) is 18.9 Å². The van der Waals surface area contributed by atoms with Gasteiger partial charge >= 0.3 is 5.97 Å². The normalized spacial score (nSPS) is 22.4. The second-order valence-corrected chi connectivity index (χ2v) is 7.00. The number of hydrogen-bond acceptors (Lipinski definition) is 7. The fourth-order valence-corrected chi connectivity index (χ4v) is 4.12. The minimum absolute atomic E-state index is 0.0540. The highest BCUT2D eigenvalue weighted by atomic mass is 16.7. The van der Waals surface area contributed by atoms with Gasteiger partial charge in [0.15, 0.2) is 23.0 Å². The number of nitrogens with one attached hydrogen (secondary N) is 1. The fraction of sp³-hybridized carbons (Fsp3) is 0.409. The Hall–Kier alpha value is -2.93. The topological polar surface area (TPSA) is 75.3 Å². The van der Waals surface area contributed by atoms with E-state index in [1.54, 1.807) is 14.2 Å². The Morgan fingerprint density at radius 2 is 1.79 bits per heavy atom. The molecule has 0 saturated carbocycles. The standard InChI is InChI=1S/C22H25NO6/c1-4-27-22(24)20-15(13-5-8-17-19(9-13)29-12-28-17)11-23-21(20)14-6-7-16(25-2)18(10-14)26-3/h5-10,15,20-21,23H,4,11-12H2,1-3H3. The van der Waals surface area contributed by atoms with Gasteiger partial charge in [0.05, 0.1) is 26.7 Å². The van der Waals surface area contributed by atoms with Crippen molar-refractivity contribution in [1.82, 2.24) is 5.32 Å². The zero-order chi connectivity index (χ0) is 20.4.